The van der Waals surface area contributed by atoms with Gasteiger partial charge in [-0.05, 0) is 30.2 Å². The highest BCUT2D eigenvalue weighted by molar-refractivity contribution is 7.13. The van der Waals surface area contributed by atoms with Gasteiger partial charge in [-0.2, -0.15) is 0 Å². The van der Waals surface area contributed by atoms with E-state index < -0.39 is 0 Å². The predicted octanol–water partition coefficient (Wildman–Crippen LogP) is 1.80. The van der Waals surface area contributed by atoms with Gasteiger partial charge in [0, 0.05) is 12.6 Å². The average Bonchev–Trinajstić information content (AvgIpc) is 2.96. The van der Waals surface area contributed by atoms with Crippen molar-refractivity contribution in [2.75, 3.05) is 6.54 Å². The van der Waals surface area contributed by atoms with Crippen LogP contribution in [-0.4, -0.2) is 23.5 Å². The second-order valence-electron chi connectivity index (χ2n) is 5.10. The summed E-state index contributed by atoms with van der Waals surface area (Å²) in [5, 5.41) is 4.82. The molecule has 3 N–H and O–H groups in total. The van der Waals surface area contributed by atoms with E-state index in [9.17, 15) is 4.79 Å². The number of nitrogens with two attached hydrogens (primary N) is 1. The van der Waals surface area contributed by atoms with Crippen molar-refractivity contribution in [2.45, 2.75) is 25.3 Å². The molecule has 2 heterocycles. The Hall–Kier alpha value is -1.66. The summed E-state index contributed by atoms with van der Waals surface area (Å²) in [5.74, 6) is 1.09. The molecule has 106 valence electrons. The van der Waals surface area contributed by atoms with Crippen LogP contribution in [0.5, 0.6) is 0 Å². The number of aromatic nitrogens is 1. The molecule has 1 saturated carbocycles. The third kappa shape index (κ3) is 3.26. The molecule has 5 nitrogen and oxygen atoms in total. The lowest BCUT2D eigenvalue weighted by atomic mass is 10.2. The Labute approximate surface area is 121 Å². The summed E-state index contributed by atoms with van der Waals surface area (Å²) in [6.45, 7) is 0.541. The number of rotatable bonds is 6. The number of nitrogens with zero attached hydrogens (tertiary/aromatic N) is 1. The minimum atomic E-state index is -0.0628. The van der Waals surface area contributed by atoms with Crippen LogP contribution in [0.15, 0.2) is 28.2 Å². The van der Waals surface area contributed by atoms with Gasteiger partial charge in [-0.1, -0.05) is 6.07 Å². The Bertz CT molecular complexity index is 575. The zero-order valence-electron chi connectivity index (χ0n) is 11.0. The average molecular weight is 291 g/mol. The van der Waals surface area contributed by atoms with E-state index in [1.165, 1.54) is 19.1 Å². The van der Waals surface area contributed by atoms with E-state index in [1.807, 2.05) is 17.5 Å². The van der Waals surface area contributed by atoms with E-state index in [2.05, 4.69) is 10.3 Å². The first-order valence-electron chi connectivity index (χ1n) is 6.73. The van der Waals surface area contributed by atoms with Gasteiger partial charge >= 0.3 is 0 Å². The van der Waals surface area contributed by atoms with Gasteiger partial charge in [-0.15, -0.1) is 11.3 Å². The van der Waals surface area contributed by atoms with Gasteiger partial charge in [0.1, 0.15) is 6.26 Å². The fourth-order valence-electron chi connectivity index (χ4n) is 2.05. The van der Waals surface area contributed by atoms with Crippen LogP contribution in [0.2, 0.25) is 0 Å². The smallest absolute Gasteiger partial charge is 0.236 e. The maximum atomic E-state index is 11.8. The van der Waals surface area contributed by atoms with Gasteiger partial charge < -0.3 is 15.5 Å². The minimum absolute atomic E-state index is 0.0628. The van der Waals surface area contributed by atoms with Crippen molar-refractivity contribution in [2.24, 2.45) is 11.7 Å². The van der Waals surface area contributed by atoms with Crippen LogP contribution < -0.4 is 11.1 Å². The maximum Gasteiger partial charge on any atom is 0.236 e. The third-order valence-corrected chi connectivity index (χ3v) is 4.25. The van der Waals surface area contributed by atoms with Crippen LogP contribution in [0.3, 0.4) is 0 Å². The van der Waals surface area contributed by atoms with Crippen LogP contribution in [0, 0.1) is 5.92 Å². The van der Waals surface area contributed by atoms with E-state index >= 15 is 0 Å². The van der Waals surface area contributed by atoms with Gasteiger partial charge in [-0.25, -0.2) is 4.98 Å². The van der Waals surface area contributed by atoms with E-state index in [4.69, 9.17) is 10.2 Å². The first-order valence-corrected chi connectivity index (χ1v) is 7.61. The summed E-state index contributed by atoms with van der Waals surface area (Å²) in [7, 11) is 0. The van der Waals surface area contributed by atoms with Crippen LogP contribution in [0.1, 0.15) is 18.5 Å². The van der Waals surface area contributed by atoms with Gasteiger partial charge in [0.2, 0.25) is 11.8 Å². The number of amides is 1. The summed E-state index contributed by atoms with van der Waals surface area (Å²) in [4.78, 5) is 17.1. The highest BCUT2D eigenvalue weighted by Crippen LogP contribution is 2.31. The number of nitrogens with one attached hydrogen (secondary N) is 1. The summed E-state index contributed by atoms with van der Waals surface area (Å²) >= 11 is 1.56. The Morgan fingerprint density at radius 3 is 3.15 bits per heavy atom. The molecule has 1 atom stereocenters. The SMILES string of the molecule is NC(CNC(=O)Cc1coc(-c2cccs2)n1)C1CC1. The lowest BCUT2D eigenvalue weighted by Gasteiger charge is -2.10. The Morgan fingerprint density at radius 2 is 2.45 bits per heavy atom. The number of carbonyl (C=O) groups is 1. The monoisotopic (exact) mass is 291 g/mol. The van der Waals surface area contributed by atoms with Crippen LogP contribution in [0.25, 0.3) is 10.8 Å². The van der Waals surface area contributed by atoms with Crippen molar-refractivity contribution in [3.63, 3.8) is 0 Å². The van der Waals surface area contributed by atoms with E-state index in [1.54, 1.807) is 11.3 Å². The van der Waals surface area contributed by atoms with Crippen LogP contribution >= 0.6 is 11.3 Å². The van der Waals surface area contributed by atoms with Gasteiger partial charge in [0.25, 0.3) is 0 Å². The minimum Gasteiger partial charge on any atom is -0.444 e. The van der Waals surface area contributed by atoms with E-state index in [-0.39, 0.29) is 18.4 Å². The van der Waals surface area contributed by atoms with Crippen LogP contribution in [-0.2, 0) is 11.2 Å². The zero-order chi connectivity index (χ0) is 13.9. The zero-order valence-corrected chi connectivity index (χ0v) is 11.9. The summed E-state index contributed by atoms with van der Waals surface area (Å²) in [6, 6.07) is 3.96. The molecule has 3 rings (SSSR count). The topological polar surface area (TPSA) is 81.1 Å². The lowest BCUT2D eigenvalue weighted by Crippen LogP contribution is -2.39. The van der Waals surface area contributed by atoms with Crippen molar-refractivity contribution in [3.8, 4) is 10.8 Å². The molecule has 0 aromatic carbocycles. The summed E-state index contributed by atoms with van der Waals surface area (Å²) < 4.78 is 5.38. The molecule has 1 fully saturated rings. The molecule has 2 aromatic rings. The number of hydrogen-bond donors (Lipinski definition) is 2. The molecule has 1 aliphatic rings. The number of thiophene rings is 1. The molecule has 0 bridgehead atoms. The molecule has 1 unspecified atom stereocenters. The van der Waals surface area contributed by atoms with E-state index in [0.717, 1.165) is 4.88 Å². The molecule has 0 aliphatic heterocycles. The first kappa shape index (κ1) is 13.3. The van der Waals surface area contributed by atoms with Crippen molar-refractivity contribution in [1.82, 2.24) is 10.3 Å². The predicted molar refractivity (Wildman–Crippen MR) is 77.2 cm³/mol. The maximum absolute atomic E-state index is 11.8. The fourth-order valence-corrected chi connectivity index (χ4v) is 2.71. The van der Waals surface area contributed by atoms with E-state index in [0.29, 0.717) is 24.0 Å². The highest BCUT2D eigenvalue weighted by atomic mass is 32.1. The molecule has 0 saturated heterocycles. The fraction of sp³-hybridized carbons (Fsp3) is 0.429. The lowest BCUT2D eigenvalue weighted by molar-refractivity contribution is -0.120. The normalized spacial score (nSPS) is 16.1. The second kappa shape index (κ2) is 5.76. The third-order valence-electron chi connectivity index (χ3n) is 3.39. The molecule has 2 aromatic heterocycles. The van der Waals surface area contributed by atoms with Crippen molar-refractivity contribution < 1.29 is 9.21 Å². The van der Waals surface area contributed by atoms with Crippen molar-refractivity contribution >= 4 is 17.2 Å². The molecule has 0 spiro atoms. The molecule has 20 heavy (non-hydrogen) atoms. The van der Waals surface area contributed by atoms with Gasteiger partial charge in [0.15, 0.2) is 0 Å². The first-order chi connectivity index (χ1) is 9.72. The Balaban J connectivity index is 1.51. The number of oxazole rings is 1. The largest absolute Gasteiger partial charge is 0.444 e. The highest BCUT2D eigenvalue weighted by Gasteiger charge is 2.28. The number of hydrogen-bond acceptors (Lipinski definition) is 5. The molecular formula is C14H17N3O2S. The van der Waals surface area contributed by atoms with Crippen molar-refractivity contribution in [1.29, 1.82) is 0 Å². The standard InChI is InChI=1S/C14H17N3O2S/c15-11(9-3-4-9)7-16-13(18)6-10-8-19-14(17-10)12-2-1-5-20-12/h1-2,5,8-9,11H,3-4,6-7,15H2,(H,16,18). The molecule has 0 radical (unpaired) electrons. The quantitative estimate of drug-likeness (QED) is 0.850. The summed E-state index contributed by atoms with van der Waals surface area (Å²) in [5.41, 5.74) is 6.59. The molecule has 6 heteroatoms. The molecular weight excluding hydrogens is 274 g/mol. The Kier molecular flexibility index (Phi) is 3.84. The molecule has 1 amide bonds. The van der Waals surface area contributed by atoms with Crippen LogP contribution in [0.4, 0.5) is 0 Å². The second-order valence-corrected chi connectivity index (χ2v) is 6.05. The van der Waals surface area contributed by atoms with Gasteiger partial charge in [0.05, 0.1) is 17.0 Å². The molecule has 1 aliphatic carbocycles. The summed E-state index contributed by atoms with van der Waals surface area (Å²) in [6.07, 6.45) is 4.14. The Morgan fingerprint density at radius 1 is 1.60 bits per heavy atom. The van der Waals surface area contributed by atoms with Gasteiger partial charge in [-0.3, -0.25) is 4.79 Å². The number of carbonyl (C=O) groups excluding carboxylic acids is 1. The van der Waals surface area contributed by atoms with Crippen molar-refractivity contribution in [3.05, 3.63) is 29.5 Å².